The summed E-state index contributed by atoms with van der Waals surface area (Å²) < 4.78 is 8.32. The van der Waals surface area contributed by atoms with Crippen molar-refractivity contribution in [2.75, 3.05) is 33.2 Å². The van der Waals surface area contributed by atoms with Gasteiger partial charge in [-0.05, 0) is 44.0 Å². The molecule has 1 saturated carbocycles. The number of aromatic amines is 1. The van der Waals surface area contributed by atoms with Crippen molar-refractivity contribution in [1.82, 2.24) is 29.3 Å². The summed E-state index contributed by atoms with van der Waals surface area (Å²) in [6.07, 6.45) is 7.64. The first-order chi connectivity index (χ1) is 16.6. The number of carbonyl (C=O) groups excluding carboxylic acids is 1. The number of imidazole rings is 1. The maximum Gasteiger partial charge on any atom is 0.264 e. The Bertz CT molecular complexity index is 1460. The Morgan fingerprint density at radius 3 is 2.85 bits per heavy atom. The van der Waals surface area contributed by atoms with E-state index in [-0.39, 0.29) is 11.5 Å². The summed E-state index contributed by atoms with van der Waals surface area (Å²) in [5.41, 5.74) is 2.78. The monoisotopic (exact) mass is 455 g/mol. The van der Waals surface area contributed by atoms with Crippen molar-refractivity contribution in [2.24, 2.45) is 5.92 Å². The lowest BCUT2D eigenvalue weighted by atomic mass is 10.2. The van der Waals surface area contributed by atoms with Crippen molar-refractivity contribution < 1.29 is 9.21 Å². The van der Waals surface area contributed by atoms with Gasteiger partial charge in [-0.15, -0.1) is 0 Å². The van der Waals surface area contributed by atoms with Gasteiger partial charge in [0.05, 0.1) is 11.7 Å². The number of nitriles is 1. The number of pyridine rings is 1. The van der Waals surface area contributed by atoms with Crippen LogP contribution in [0.4, 0.5) is 0 Å². The number of nitrogens with zero attached hydrogens (tertiary/aromatic N) is 6. The molecular formula is C25H25N7O2. The molecule has 4 aromatic rings. The minimum atomic E-state index is -0.254. The zero-order valence-electron chi connectivity index (χ0n) is 19.0. The minimum absolute atomic E-state index is 0.0789. The summed E-state index contributed by atoms with van der Waals surface area (Å²) in [5.74, 6) is 2.19. The summed E-state index contributed by atoms with van der Waals surface area (Å²) in [6, 6.07) is 7.72. The third-order valence-electron chi connectivity index (χ3n) is 6.70. The van der Waals surface area contributed by atoms with Crippen LogP contribution in [0.1, 0.15) is 18.6 Å². The van der Waals surface area contributed by atoms with Gasteiger partial charge in [-0.3, -0.25) is 4.79 Å². The molecule has 172 valence electrons. The van der Waals surface area contributed by atoms with Crippen molar-refractivity contribution in [3.63, 3.8) is 0 Å². The Morgan fingerprint density at radius 2 is 2.09 bits per heavy atom. The molecule has 4 aromatic heterocycles. The molecule has 6 rings (SSSR count). The van der Waals surface area contributed by atoms with E-state index in [2.05, 4.69) is 25.5 Å². The van der Waals surface area contributed by atoms with Gasteiger partial charge >= 0.3 is 0 Å². The summed E-state index contributed by atoms with van der Waals surface area (Å²) in [5, 5.41) is 10.7. The second-order valence-corrected chi connectivity index (χ2v) is 9.19. The van der Waals surface area contributed by atoms with E-state index in [1.807, 2.05) is 25.4 Å². The molecule has 1 saturated heterocycles. The molecule has 9 nitrogen and oxygen atoms in total. The number of furan rings is 1. The number of nitrogens with one attached hydrogen (secondary N) is 1. The van der Waals surface area contributed by atoms with Gasteiger partial charge in [0.2, 0.25) is 0 Å². The first kappa shape index (κ1) is 20.7. The van der Waals surface area contributed by atoms with E-state index in [4.69, 9.17) is 9.40 Å². The molecule has 0 unspecified atom stereocenters. The van der Waals surface area contributed by atoms with Crippen molar-refractivity contribution in [3.05, 3.63) is 41.9 Å². The number of rotatable bonds is 5. The van der Waals surface area contributed by atoms with E-state index in [0.717, 1.165) is 47.5 Å². The first-order valence-electron chi connectivity index (χ1n) is 11.6. The maximum absolute atomic E-state index is 12.9. The standard InChI is InChI=1S/C25H25N7O2/c1-30-8-10-31(11-9-30)25(33)17(13-26)12-18-4-5-21(34-18)24-29-20-14-28-23-19(6-7-27-23)22(20)32(24)15-16-2-3-16/h4-7,12,14,16H,2-3,8-11,15H2,1H3,(H,27,28)/b17-12+. The Balaban J connectivity index is 1.35. The summed E-state index contributed by atoms with van der Waals surface area (Å²) in [6.45, 7) is 3.70. The topological polar surface area (TPSA) is 107 Å². The Labute approximate surface area is 196 Å². The van der Waals surface area contributed by atoms with Crippen LogP contribution in [-0.4, -0.2) is 68.5 Å². The second-order valence-electron chi connectivity index (χ2n) is 9.19. The SMILES string of the molecule is CN1CCN(C(=O)/C(C#N)=C/c2ccc(-c3nc4cnc5[nH]ccc5c4n3CC3CC3)o2)CC1. The summed E-state index contributed by atoms with van der Waals surface area (Å²) >= 11 is 0. The van der Waals surface area contributed by atoms with Gasteiger partial charge in [-0.2, -0.15) is 5.26 Å². The molecule has 9 heteroatoms. The van der Waals surface area contributed by atoms with Crippen molar-refractivity contribution in [2.45, 2.75) is 19.4 Å². The highest BCUT2D eigenvalue weighted by Crippen LogP contribution is 2.36. The van der Waals surface area contributed by atoms with Crippen LogP contribution in [0.25, 0.3) is 39.7 Å². The van der Waals surface area contributed by atoms with Crippen molar-refractivity contribution in [1.29, 1.82) is 5.26 Å². The fraction of sp³-hybridized carbons (Fsp3) is 0.360. The van der Waals surface area contributed by atoms with Gasteiger partial charge in [-0.25, -0.2) is 9.97 Å². The second kappa shape index (κ2) is 8.15. The number of aromatic nitrogens is 4. The number of carbonyl (C=O) groups is 1. The average molecular weight is 456 g/mol. The van der Waals surface area contributed by atoms with Gasteiger partial charge in [0, 0.05) is 50.4 Å². The predicted octanol–water partition coefficient (Wildman–Crippen LogP) is 3.26. The third-order valence-corrected chi connectivity index (χ3v) is 6.70. The van der Waals surface area contributed by atoms with E-state index in [9.17, 15) is 10.1 Å². The molecule has 1 amide bonds. The lowest BCUT2D eigenvalue weighted by Crippen LogP contribution is -2.47. The van der Waals surface area contributed by atoms with Gasteiger partial charge in [0.15, 0.2) is 11.6 Å². The highest BCUT2D eigenvalue weighted by Gasteiger charge is 2.27. The molecular weight excluding hydrogens is 430 g/mol. The summed E-state index contributed by atoms with van der Waals surface area (Å²) in [4.78, 5) is 29.3. The number of piperazine rings is 1. The maximum atomic E-state index is 12.9. The van der Waals surface area contributed by atoms with Crippen LogP contribution in [0.5, 0.6) is 0 Å². The van der Waals surface area contributed by atoms with E-state index in [0.29, 0.717) is 30.5 Å². The van der Waals surface area contributed by atoms with Crippen LogP contribution in [0.3, 0.4) is 0 Å². The van der Waals surface area contributed by atoms with Gasteiger partial charge < -0.3 is 23.8 Å². The van der Waals surface area contributed by atoms with Crippen LogP contribution in [0.15, 0.2) is 40.6 Å². The number of amides is 1. The molecule has 0 spiro atoms. The van der Waals surface area contributed by atoms with Gasteiger partial charge in [0.1, 0.15) is 28.6 Å². The van der Waals surface area contributed by atoms with E-state index in [1.165, 1.54) is 18.9 Å². The van der Waals surface area contributed by atoms with E-state index in [1.54, 1.807) is 17.2 Å². The number of hydrogen-bond donors (Lipinski definition) is 1. The zero-order valence-corrected chi connectivity index (χ0v) is 19.0. The number of likely N-dealkylation sites (N-methyl/N-ethyl adjacent to an activating group) is 1. The fourth-order valence-corrected chi connectivity index (χ4v) is 4.57. The van der Waals surface area contributed by atoms with Crippen LogP contribution in [0.2, 0.25) is 0 Å². The molecule has 2 aliphatic rings. The van der Waals surface area contributed by atoms with E-state index >= 15 is 0 Å². The van der Waals surface area contributed by atoms with Gasteiger partial charge in [-0.1, -0.05) is 0 Å². The van der Waals surface area contributed by atoms with Gasteiger partial charge in [0.25, 0.3) is 5.91 Å². The molecule has 1 aliphatic heterocycles. The molecule has 1 N–H and O–H groups in total. The van der Waals surface area contributed by atoms with Crippen molar-refractivity contribution >= 4 is 34.1 Å². The number of hydrogen-bond acceptors (Lipinski definition) is 6. The zero-order chi connectivity index (χ0) is 23.2. The number of H-pyrrole nitrogens is 1. The summed E-state index contributed by atoms with van der Waals surface area (Å²) in [7, 11) is 2.03. The van der Waals surface area contributed by atoms with Crippen LogP contribution in [-0.2, 0) is 11.3 Å². The van der Waals surface area contributed by atoms with Crippen molar-refractivity contribution in [3.8, 4) is 17.7 Å². The Morgan fingerprint density at radius 1 is 1.26 bits per heavy atom. The fourth-order valence-electron chi connectivity index (χ4n) is 4.57. The molecule has 2 fully saturated rings. The van der Waals surface area contributed by atoms with Crippen LogP contribution >= 0.6 is 0 Å². The molecule has 0 aromatic carbocycles. The molecule has 0 bridgehead atoms. The Hall–Kier alpha value is -3.90. The quantitative estimate of drug-likeness (QED) is 0.366. The third kappa shape index (κ3) is 3.66. The minimum Gasteiger partial charge on any atom is -0.453 e. The highest BCUT2D eigenvalue weighted by atomic mass is 16.3. The smallest absolute Gasteiger partial charge is 0.264 e. The molecule has 5 heterocycles. The molecule has 0 radical (unpaired) electrons. The first-order valence-corrected chi connectivity index (χ1v) is 11.6. The van der Waals surface area contributed by atoms with Crippen LogP contribution in [0, 0.1) is 17.2 Å². The lowest BCUT2D eigenvalue weighted by molar-refractivity contribution is -0.128. The number of fused-ring (bicyclic) bond motifs is 3. The molecule has 34 heavy (non-hydrogen) atoms. The average Bonchev–Trinajstić information content (AvgIpc) is 3.21. The molecule has 1 aliphatic carbocycles. The Kier molecular flexibility index (Phi) is 4.96. The highest BCUT2D eigenvalue weighted by molar-refractivity contribution is 6.03. The predicted molar refractivity (Wildman–Crippen MR) is 127 cm³/mol. The lowest BCUT2D eigenvalue weighted by Gasteiger charge is -2.32. The van der Waals surface area contributed by atoms with E-state index < -0.39 is 0 Å². The normalized spacial score (nSPS) is 17.5. The van der Waals surface area contributed by atoms with Crippen LogP contribution < -0.4 is 0 Å². The largest absolute Gasteiger partial charge is 0.453 e. The molecule has 0 atom stereocenters.